The summed E-state index contributed by atoms with van der Waals surface area (Å²) in [5.74, 6) is 0. The molecule has 0 atom stereocenters. The number of halogens is 1. The van der Waals surface area contributed by atoms with Gasteiger partial charge in [0.25, 0.3) is 0 Å². The second-order valence-corrected chi connectivity index (χ2v) is 13.3. The molecule has 1 aliphatic carbocycles. The molecule has 1 heterocycles. The summed E-state index contributed by atoms with van der Waals surface area (Å²) in [5.41, 5.74) is 14.6. The molecule has 0 N–H and O–H groups in total. The van der Waals surface area contributed by atoms with E-state index in [9.17, 15) is 0 Å². The maximum Gasteiger partial charge on any atom is 0.0713 e. The predicted octanol–water partition coefficient (Wildman–Crippen LogP) is 11.9. The van der Waals surface area contributed by atoms with Crippen LogP contribution in [0.4, 0.5) is 0 Å². The fourth-order valence-corrected chi connectivity index (χ4v) is 8.25. The molecule has 0 spiro atoms. The normalized spacial score (nSPS) is 13.2. The third-order valence-corrected chi connectivity index (χ3v) is 10.3. The van der Waals surface area contributed by atoms with E-state index in [1.807, 2.05) is 0 Å². The van der Waals surface area contributed by atoms with E-state index in [-0.39, 0.29) is 0 Å². The Morgan fingerprint density at radius 1 is 0.478 bits per heavy atom. The molecule has 1 aliphatic rings. The Labute approximate surface area is 277 Å². The lowest BCUT2D eigenvalue weighted by Gasteiger charge is -2.34. The first-order chi connectivity index (χ1) is 22.6. The summed E-state index contributed by atoms with van der Waals surface area (Å²) in [6.07, 6.45) is 0. The number of hydrogen-bond acceptors (Lipinski definition) is 0. The Morgan fingerprint density at radius 3 is 1.91 bits per heavy atom. The Kier molecular flexibility index (Phi) is 6.16. The van der Waals surface area contributed by atoms with Gasteiger partial charge in [-0.15, -0.1) is 0 Å². The smallest absolute Gasteiger partial charge is 0.0713 e. The van der Waals surface area contributed by atoms with Crippen LogP contribution in [0.3, 0.4) is 0 Å². The second-order valence-electron chi connectivity index (χ2n) is 12.4. The lowest BCUT2D eigenvalue weighted by molar-refractivity contribution is 0.768. The van der Waals surface area contributed by atoms with Gasteiger partial charge in [0.1, 0.15) is 0 Å². The van der Waals surface area contributed by atoms with Crippen LogP contribution in [0.1, 0.15) is 27.8 Å². The molecule has 218 valence electrons. The predicted molar refractivity (Wildman–Crippen MR) is 196 cm³/mol. The highest BCUT2D eigenvalue weighted by Crippen LogP contribution is 2.56. The SMILES string of the molecule is Cc1cccc(C2(c3ccc4c(c3)c3ccc(-c5ccccc5)cc3n4-c3cccc(Br)c3)c3ccccc3-c3ccccc32)c1. The zero-order chi connectivity index (χ0) is 30.8. The first-order valence-corrected chi connectivity index (χ1v) is 16.6. The molecule has 0 radical (unpaired) electrons. The van der Waals surface area contributed by atoms with Crippen molar-refractivity contribution in [1.29, 1.82) is 0 Å². The van der Waals surface area contributed by atoms with E-state index < -0.39 is 5.41 Å². The van der Waals surface area contributed by atoms with Crippen LogP contribution in [0.15, 0.2) is 168 Å². The zero-order valence-electron chi connectivity index (χ0n) is 25.4. The summed E-state index contributed by atoms with van der Waals surface area (Å²) in [4.78, 5) is 0. The zero-order valence-corrected chi connectivity index (χ0v) is 27.0. The van der Waals surface area contributed by atoms with Gasteiger partial charge in [-0.05, 0) is 87.8 Å². The maximum atomic E-state index is 3.74. The molecule has 0 saturated heterocycles. The van der Waals surface area contributed by atoms with Gasteiger partial charge in [-0.2, -0.15) is 0 Å². The highest BCUT2D eigenvalue weighted by molar-refractivity contribution is 9.10. The third kappa shape index (κ3) is 3.93. The number of aromatic nitrogens is 1. The van der Waals surface area contributed by atoms with E-state index in [4.69, 9.17) is 0 Å². The van der Waals surface area contributed by atoms with Crippen molar-refractivity contribution in [2.75, 3.05) is 0 Å². The average molecular weight is 653 g/mol. The molecule has 7 aromatic carbocycles. The molecule has 0 aliphatic heterocycles. The van der Waals surface area contributed by atoms with Gasteiger partial charge in [0, 0.05) is 20.9 Å². The summed E-state index contributed by atoms with van der Waals surface area (Å²) >= 11 is 3.74. The molecule has 46 heavy (non-hydrogen) atoms. The summed E-state index contributed by atoms with van der Waals surface area (Å²) in [6, 6.07) is 60.4. The number of rotatable bonds is 4. The van der Waals surface area contributed by atoms with Crippen LogP contribution in [0.5, 0.6) is 0 Å². The quantitative estimate of drug-likeness (QED) is 0.178. The van der Waals surface area contributed by atoms with Crippen LogP contribution in [0, 0.1) is 6.92 Å². The van der Waals surface area contributed by atoms with Crippen LogP contribution in [0.2, 0.25) is 0 Å². The van der Waals surface area contributed by atoms with Crippen molar-refractivity contribution in [2.24, 2.45) is 0 Å². The maximum absolute atomic E-state index is 3.74. The van der Waals surface area contributed by atoms with Gasteiger partial charge in [-0.1, -0.05) is 149 Å². The Hall–Kier alpha value is -5.18. The minimum atomic E-state index is -0.443. The molecule has 2 heteroatoms. The van der Waals surface area contributed by atoms with Crippen LogP contribution >= 0.6 is 15.9 Å². The van der Waals surface area contributed by atoms with Crippen LogP contribution < -0.4 is 0 Å². The lowest BCUT2D eigenvalue weighted by Crippen LogP contribution is -2.28. The number of benzene rings is 7. The van der Waals surface area contributed by atoms with Gasteiger partial charge >= 0.3 is 0 Å². The topological polar surface area (TPSA) is 4.93 Å². The number of aryl methyl sites for hydroxylation is 1. The second kappa shape index (κ2) is 10.4. The monoisotopic (exact) mass is 651 g/mol. The Bertz CT molecular complexity index is 2400. The van der Waals surface area contributed by atoms with Crippen molar-refractivity contribution in [3.63, 3.8) is 0 Å². The molecule has 0 fully saturated rings. The lowest BCUT2D eigenvalue weighted by atomic mass is 9.67. The van der Waals surface area contributed by atoms with Crippen molar-refractivity contribution in [3.8, 4) is 27.9 Å². The summed E-state index contributed by atoms with van der Waals surface area (Å²) < 4.78 is 3.48. The summed E-state index contributed by atoms with van der Waals surface area (Å²) in [6.45, 7) is 2.20. The molecule has 8 aromatic rings. The van der Waals surface area contributed by atoms with Crippen LogP contribution in [0.25, 0.3) is 49.7 Å². The van der Waals surface area contributed by atoms with Crippen LogP contribution in [-0.4, -0.2) is 4.57 Å². The van der Waals surface area contributed by atoms with Crippen molar-refractivity contribution in [3.05, 3.63) is 196 Å². The minimum absolute atomic E-state index is 0.443. The van der Waals surface area contributed by atoms with Crippen molar-refractivity contribution in [1.82, 2.24) is 4.57 Å². The fourth-order valence-electron chi connectivity index (χ4n) is 7.86. The molecule has 1 nitrogen and oxygen atoms in total. The molecular formula is C44H30BrN. The van der Waals surface area contributed by atoms with Gasteiger partial charge in [-0.3, -0.25) is 0 Å². The highest BCUT2D eigenvalue weighted by atomic mass is 79.9. The van der Waals surface area contributed by atoms with Crippen molar-refractivity contribution >= 4 is 37.7 Å². The number of fused-ring (bicyclic) bond motifs is 6. The average Bonchev–Trinajstić information content (AvgIpc) is 3.59. The molecule has 0 amide bonds. The van der Waals surface area contributed by atoms with Gasteiger partial charge in [0.05, 0.1) is 16.4 Å². The van der Waals surface area contributed by atoms with E-state index in [1.54, 1.807) is 0 Å². The fraction of sp³-hybridized carbons (Fsp3) is 0.0455. The standard InChI is InChI=1S/C44H30BrN/c1-29-11-9-14-32(25-29)44(40-19-7-5-17-36(40)37-18-6-8-20-41(37)44)33-22-24-42-39(27-33)38-23-21-31(30-12-3-2-4-13-30)26-43(38)46(42)35-16-10-15-34(45)28-35/h2-28H,1H3. The summed E-state index contributed by atoms with van der Waals surface area (Å²) in [7, 11) is 0. The van der Waals surface area contributed by atoms with E-state index in [0.29, 0.717) is 0 Å². The number of nitrogens with zero attached hydrogens (tertiary/aromatic N) is 1. The van der Waals surface area contributed by atoms with Crippen molar-refractivity contribution < 1.29 is 0 Å². The van der Waals surface area contributed by atoms with Gasteiger partial charge in [0.2, 0.25) is 0 Å². The molecule has 0 unspecified atom stereocenters. The number of hydrogen-bond donors (Lipinski definition) is 0. The molecule has 0 saturated carbocycles. The van der Waals surface area contributed by atoms with E-state index in [0.717, 1.165) is 10.2 Å². The molecule has 9 rings (SSSR count). The molecule has 0 bridgehead atoms. The van der Waals surface area contributed by atoms with E-state index in [1.165, 1.54) is 71.9 Å². The Balaban J connectivity index is 1.39. The Morgan fingerprint density at radius 2 is 1.17 bits per heavy atom. The molecule has 1 aromatic heterocycles. The third-order valence-electron chi connectivity index (χ3n) is 9.78. The van der Waals surface area contributed by atoms with Crippen LogP contribution in [-0.2, 0) is 5.41 Å². The largest absolute Gasteiger partial charge is 0.309 e. The van der Waals surface area contributed by atoms with Gasteiger partial charge < -0.3 is 4.57 Å². The molecular weight excluding hydrogens is 622 g/mol. The minimum Gasteiger partial charge on any atom is -0.309 e. The highest BCUT2D eigenvalue weighted by Gasteiger charge is 2.46. The van der Waals surface area contributed by atoms with Gasteiger partial charge in [0.15, 0.2) is 0 Å². The van der Waals surface area contributed by atoms with Gasteiger partial charge in [-0.25, -0.2) is 0 Å². The first-order valence-electron chi connectivity index (χ1n) is 15.8. The van der Waals surface area contributed by atoms with E-state index >= 15 is 0 Å². The first kappa shape index (κ1) is 27.2. The van der Waals surface area contributed by atoms with Crippen molar-refractivity contribution in [2.45, 2.75) is 12.3 Å². The summed E-state index contributed by atoms with van der Waals surface area (Å²) in [5, 5.41) is 2.50. The van der Waals surface area contributed by atoms with E-state index in [2.05, 4.69) is 191 Å².